The molecule has 0 spiro atoms. The minimum absolute atomic E-state index is 0.141. The van der Waals surface area contributed by atoms with E-state index in [2.05, 4.69) is 19.2 Å². The standard InChI is InChI=1S/C15H24FNO/c1-11-8-12(10-13(16)9-11)14(17-4)6-7-15(2,3)18-5/h8-10,14,17H,6-7H2,1-5H3. The second-order valence-corrected chi connectivity index (χ2v) is 5.41. The summed E-state index contributed by atoms with van der Waals surface area (Å²) in [4.78, 5) is 0. The molecule has 102 valence electrons. The molecule has 1 atom stereocenters. The van der Waals surface area contributed by atoms with E-state index in [-0.39, 0.29) is 17.5 Å². The molecule has 0 fully saturated rings. The molecule has 1 aromatic rings. The Bertz CT molecular complexity index is 370. The monoisotopic (exact) mass is 253 g/mol. The molecule has 2 nitrogen and oxygen atoms in total. The van der Waals surface area contributed by atoms with Gasteiger partial charge in [-0.25, -0.2) is 4.39 Å². The molecule has 0 amide bonds. The summed E-state index contributed by atoms with van der Waals surface area (Å²) in [5, 5.41) is 3.25. The molecule has 0 heterocycles. The first-order valence-electron chi connectivity index (χ1n) is 6.37. The number of rotatable bonds is 6. The SMILES string of the molecule is CNC(CCC(C)(C)OC)c1cc(C)cc(F)c1. The second kappa shape index (κ2) is 6.30. The fraction of sp³-hybridized carbons (Fsp3) is 0.600. The molecule has 0 aliphatic heterocycles. The van der Waals surface area contributed by atoms with Gasteiger partial charge >= 0.3 is 0 Å². The van der Waals surface area contributed by atoms with Gasteiger partial charge in [-0.15, -0.1) is 0 Å². The fourth-order valence-corrected chi connectivity index (χ4v) is 2.04. The van der Waals surface area contributed by atoms with E-state index in [1.54, 1.807) is 19.2 Å². The molecule has 0 bridgehead atoms. The van der Waals surface area contributed by atoms with Gasteiger partial charge in [0.2, 0.25) is 0 Å². The van der Waals surface area contributed by atoms with Gasteiger partial charge < -0.3 is 10.1 Å². The highest BCUT2D eigenvalue weighted by atomic mass is 19.1. The van der Waals surface area contributed by atoms with Crippen LogP contribution in [0.15, 0.2) is 18.2 Å². The molecule has 3 heteroatoms. The zero-order valence-electron chi connectivity index (χ0n) is 12.0. The minimum atomic E-state index is -0.170. The van der Waals surface area contributed by atoms with Crippen LogP contribution in [0.5, 0.6) is 0 Å². The van der Waals surface area contributed by atoms with Gasteiger partial charge in [0.15, 0.2) is 0 Å². The van der Waals surface area contributed by atoms with Crippen molar-refractivity contribution in [3.8, 4) is 0 Å². The molecule has 0 aliphatic rings. The van der Waals surface area contributed by atoms with Crippen LogP contribution in [0.1, 0.15) is 43.9 Å². The number of hydrogen-bond donors (Lipinski definition) is 1. The lowest BCUT2D eigenvalue weighted by Crippen LogP contribution is -2.26. The lowest BCUT2D eigenvalue weighted by molar-refractivity contribution is 0.0118. The molecular formula is C15H24FNO. The van der Waals surface area contributed by atoms with Crippen molar-refractivity contribution in [3.05, 3.63) is 35.1 Å². The predicted molar refractivity (Wildman–Crippen MR) is 73.3 cm³/mol. The molecule has 0 aliphatic carbocycles. The van der Waals surface area contributed by atoms with Crippen LogP contribution < -0.4 is 5.32 Å². The molecule has 0 saturated carbocycles. The van der Waals surface area contributed by atoms with Gasteiger partial charge in [0.1, 0.15) is 5.82 Å². The van der Waals surface area contributed by atoms with Crippen molar-refractivity contribution in [1.82, 2.24) is 5.32 Å². The molecule has 18 heavy (non-hydrogen) atoms. The second-order valence-electron chi connectivity index (χ2n) is 5.41. The van der Waals surface area contributed by atoms with Crippen LogP contribution in [0.3, 0.4) is 0 Å². The summed E-state index contributed by atoms with van der Waals surface area (Å²) in [5.74, 6) is -0.170. The maximum absolute atomic E-state index is 13.4. The highest BCUT2D eigenvalue weighted by molar-refractivity contribution is 5.26. The average molecular weight is 253 g/mol. The number of methoxy groups -OCH3 is 1. The summed E-state index contributed by atoms with van der Waals surface area (Å²) in [7, 11) is 3.63. The van der Waals surface area contributed by atoms with Crippen LogP contribution in [-0.2, 0) is 4.74 Å². The molecule has 1 N–H and O–H groups in total. The summed E-state index contributed by atoms with van der Waals surface area (Å²) in [6.45, 7) is 6.05. The van der Waals surface area contributed by atoms with E-state index in [0.29, 0.717) is 0 Å². The van der Waals surface area contributed by atoms with Crippen molar-refractivity contribution in [1.29, 1.82) is 0 Å². The number of halogens is 1. The van der Waals surface area contributed by atoms with Crippen molar-refractivity contribution in [2.24, 2.45) is 0 Å². The highest BCUT2D eigenvalue weighted by Crippen LogP contribution is 2.25. The van der Waals surface area contributed by atoms with Gasteiger partial charge in [-0.05, 0) is 63.9 Å². The molecule has 0 saturated heterocycles. The van der Waals surface area contributed by atoms with E-state index in [1.165, 1.54) is 0 Å². The Morgan fingerprint density at radius 3 is 2.50 bits per heavy atom. The van der Waals surface area contributed by atoms with Crippen molar-refractivity contribution < 1.29 is 9.13 Å². The first kappa shape index (κ1) is 15.1. The summed E-state index contributed by atoms with van der Waals surface area (Å²) in [6, 6.07) is 5.35. The molecule has 1 rings (SSSR count). The third kappa shape index (κ3) is 4.39. The Hall–Kier alpha value is -0.930. The topological polar surface area (TPSA) is 21.3 Å². The van der Waals surface area contributed by atoms with Crippen molar-refractivity contribution in [2.75, 3.05) is 14.2 Å². The van der Waals surface area contributed by atoms with E-state index in [4.69, 9.17) is 4.74 Å². The van der Waals surface area contributed by atoms with Crippen LogP contribution in [0, 0.1) is 12.7 Å². The Kier molecular flexibility index (Phi) is 5.29. The molecule has 0 aromatic heterocycles. The van der Waals surface area contributed by atoms with Gasteiger partial charge in [-0.3, -0.25) is 0 Å². The normalized spacial score (nSPS) is 13.7. The van der Waals surface area contributed by atoms with Crippen LogP contribution in [0.4, 0.5) is 4.39 Å². The van der Waals surface area contributed by atoms with Gasteiger partial charge in [0, 0.05) is 13.2 Å². The number of benzene rings is 1. The maximum atomic E-state index is 13.4. The van der Waals surface area contributed by atoms with Crippen LogP contribution in [0.2, 0.25) is 0 Å². The average Bonchev–Trinajstić information content (AvgIpc) is 2.28. The molecule has 0 radical (unpaired) electrons. The summed E-state index contributed by atoms with van der Waals surface area (Å²) in [5.41, 5.74) is 1.82. The molecule has 1 unspecified atom stereocenters. The summed E-state index contributed by atoms with van der Waals surface area (Å²) < 4.78 is 18.8. The third-order valence-electron chi connectivity index (χ3n) is 3.40. The van der Waals surface area contributed by atoms with Gasteiger partial charge in [-0.1, -0.05) is 6.07 Å². The van der Waals surface area contributed by atoms with E-state index in [0.717, 1.165) is 24.0 Å². The zero-order valence-corrected chi connectivity index (χ0v) is 12.0. The summed E-state index contributed by atoms with van der Waals surface area (Å²) >= 11 is 0. The highest BCUT2D eigenvalue weighted by Gasteiger charge is 2.19. The number of aryl methyl sites for hydroxylation is 1. The van der Waals surface area contributed by atoms with E-state index < -0.39 is 0 Å². The van der Waals surface area contributed by atoms with E-state index in [9.17, 15) is 4.39 Å². The predicted octanol–water partition coefficient (Wildman–Crippen LogP) is 3.60. The first-order chi connectivity index (χ1) is 8.38. The smallest absolute Gasteiger partial charge is 0.123 e. The van der Waals surface area contributed by atoms with Gasteiger partial charge in [0.25, 0.3) is 0 Å². The van der Waals surface area contributed by atoms with E-state index >= 15 is 0 Å². The van der Waals surface area contributed by atoms with E-state index in [1.807, 2.05) is 20.0 Å². The maximum Gasteiger partial charge on any atom is 0.123 e. The largest absolute Gasteiger partial charge is 0.379 e. The van der Waals surface area contributed by atoms with Crippen LogP contribution in [-0.4, -0.2) is 19.8 Å². The van der Waals surface area contributed by atoms with Gasteiger partial charge in [0.05, 0.1) is 5.60 Å². The lowest BCUT2D eigenvalue weighted by atomic mass is 9.94. The molecule has 1 aromatic carbocycles. The van der Waals surface area contributed by atoms with Crippen molar-refractivity contribution in [2.45, 2.75) is 45.3 Å². The third-order valence-corrected chi connectivity index (χ3v) is 3.40. The fourth-order valence-electron chi connectivity index (χ4n) is 2.04. The number of nitrogens with one attached hydrogen (secondary N) is 1. The minimum Gasteiger partial charge on any atom is -0.379 e. The Labute approximate surface area is 110 Å². The quantitative estimate of drug-likeness (QED) is 0.836. The van der Waals surface area contributed by atoms with Crippen molar-refractivity contribution in [3.63, 3.8) is 0 Å². The summed E-state index contributed by atoms with van der Waals surface area (Å²) in [6.07, 6.45) is 1.84. The Morgan fingerprint density at radius 1 is 1.33 bits per heavy atom. The van der Waals surface area contributed by atoms with Gasteiger partial charge in [-0.2, -0.15) is 0 Å². The number of ether oxygens (including phenoxy) is 1. The first-order valence-corrected chi connectivity index (χ1v) is 6.37. The lowest BCUT2D eigenvalue weighted by Gasteiger charge is -2.26. The van der Waals surface area contributed by atoms with Crippen molar-refractivity contribution >= 4 is 0 Å². The Morgan fingerprint density at radius 2 is 2.00 bits per heavy atom. The molecular weight excluding hydrogens is 229 g/mol. The number of hydrogen-bond acceptors (Lipinski definition) is 2. The van der Waals surface area contributed by atoms with Crippen LogP contribution >= 0.6 is 0 Å². The Balaban J connectivity index is 2.77. The van der Waals surface area contributed by atoms with Crippen LogP contribution in [0.25, 0.3) is 0 Å². The zero-order chi connectivity index (χ0) is 13.8.